The molecule has 2 heterocycles. The monoisotopic (exact) mass is 230 g/mol. The van der Waals surface area contributed by atoms with Gasteiger partial charge < -0.3 is 5.73 Å². The summed E-state index contributed by atoms with van der Waals surface area (Å²) in [4.78, 5) is 7.74. The molecule has 2 rings (SSSR count). The van der Waals surface area contributed by atoms with Gasteiger partial charge in [0.05, 0.1) is 0 Å². The Hall–Kier alpha value is -1.79. The summed E-state index contributed by atoms with van der Waals surface area (Å²) in [5, 5.41) is 0. The predicted octanol–water partition coefficient (Wildman–Crippen LogP) is 1.88. The lowest BCUT2D eigenvalue weighted by Crippen LogP contribution is -2.19. The van der Waals surface area contributed by atoms with Crippen LogP contribution in [0.5, 0.6) is 0 Å². The van der Waals surface area contributed by atoms with Crippen LogP contribution in [0.1, 0.15) is 5.56 Å². The Morgan fingerprint density at radius 2 is 2.12 bits per heavy atom. The van der Waals surface area contributed by atoms with Crippen LogP contribution in [0.3, 0.4) is 0 Å². The molecule has 4 nitrogen and oxygen atoms in total. The maximum atomic E-state index is 12.3. The second-order valence-corrected chi connectivity index (χ2v) is 3.53. The smallest absolute Gasteiger partial charge is 0.369 e. The molecule has 0 aromatic carbocycles. The number of hydrogen-bond donors (Lipinski definition) is 1. The molecule has 7 heteroatoms. The Labute approximate surface area is 88.9 Å². The minimum absolute atomic E-state index is 0.153. The highest BCUT2D eigenvalue weighted by molar-refractivity contribution is 5.74. The summed E-state index contributed by atoms with van der Waals surface area (Å²) < 4.78 is 37.7. The van der Waals surface area contributed by atoms with E-state index in [2.05, 4.69) is 9.97 Å². The molecule has 0 unspecified atom stereocenters. The number of anilines is 1. The van der Waals surface area contributed by atoms with E-state index in [1.54, 1.807) is 13.0 Å². The van der Waals surface area contributed by atoms with Crippen LogP contribution >= 0.6 is 0 Å². The molecular weight excluding hydrogens is 221 g/mol. The fraction of sp³-hybridized carbons (Fsp3) is 0.333. The lowest BCUT2D eigenvalue weighted by Gasteiger charge is -2.08. The first kappa shape index (κ1) is 10.7. The van der Waals surface area contributed by atoms with Crippen molar-refractivity contribution in [2.75, 3.05) is 5.73 Å². The largest absolute Gasteiger partial charge is 0.406 e. The number of halogens is 3. The number of nitrogen functional groups attached to an aromatic ring is 1. The number of alkyl halides is 3. The minimum atomic E-state index is -4.34. The number of nitrogens with zero attached hydrogens (tertiary/aromatic N) is 3. The van der Waals surface area contributed by atoms with E-state index in [0.717, 1.165) is 10.1 Å². The summed E-state index contributed by atoms with van der Waals surface area (Å²) in [6, 6.07) is 1.64. The molecular formula is C9H9F3N4. The van der Waals surface area contributed by atoms with Crippen molar-refractivity contribution < 1.29 is 13.2 Å². The van der Waals surface area contributed by atoms with Crippen LogP contribution in [0, 0.1) is 6.92 Å². The second-order valence-electron chi connectivity index (χ2n) is 3.53. The van der Waals surface area contributed by atoms with E-state index in [0.29, 0.717) is 5.52 Å². The number of aromatic nitrogens is 3. The third-order valence-electron chi connectivity index (χ3n) is 2.09. The third-order valence-corrected chi connectivity index (χ3v) is 2.09. The zero-order valence-corrected chi connectivity index (χ0v) is 8.41. The van der Waals surface area contributed by atoms with E-state index < -0.39 is 12.7 Å². The van der Waals surface area contributed by atoms with Crippen LogP contribution in [-0.2, 0) is 6.54 Å². The molecule has 0 spiro atoms. The van der Waals surface area contributed by atoms with Gasteiger partial charge in [-0.25, -0.2) is 9.97 Å². The van der Waals surface area contributed by atoms with Gasteiger partial charge in [0.2, 0.25) is 5.95 Å². The Balaban J connectivity index is 2.56. The van der Waals surface area contributed by atoms with E-state index in [4.69, 9.17) is 5.73 Å². The number of pyridine rings is 1. The number of hydrogen-bond acceptors (Lipinski definition) is 3. The highest BCUT2D eigenvalue weighted by atomic mass is 19.4. The van der Waals surface area contributed by atoms with Crippen molar-refractivity contribution in [2.24, 2.45) is 0 Å². The molecule has 0 atom stereocenters. The molecule has 0 radical (unpaired) electrons. The number of fused-ring (bicyclic) bond motifs is 1. The molecule has 0 aliphatic carbocycles. The Kier molecular flexibility index (Phi) is 2.25. The summed E-state index contributed by atoms with van der Waals surface area (Å²) in [5.74, 6) is -0.176. The van der Waals surface area contributed by atoms with Gasteiger partial charge in [0, 0.05) is 6.20 Å². The first-order valence-corrected chi connectivity index (χ1v) is 4.52. The molecule has 0 saturated heterocycles. The van der Waals surface area contributed by atoms with Crippen LogP contribution in [0.25, 0.3) is 11.2 Å². The zero-order valence-electron chi connectivity index (χ0n) is 8.41. The number of rotatable bonds is 1. The van der Waals surface area contributed by atoms with Crippen molar-refractivity contribution in [2.45, 2.75) is 19.6 Å². The quantitative estimate of drug-likeness (QED) is 0.813. The minimum Gasteiger partial charge on any atom is -0.369 e. The SMILES string of the molecule is Cc1cnc2c(c1)nc(N)n2CC(F)(F)F. The van der Waals surface area contributed by atoms with Crippen LogP contribution in [0.4, 0.5) is 19.1 Å². The maximum Gasteiger partial charge on any atom is 0.406 e. The molecule has 2 aromatic heterocycles. The van der Waals surface area contributed by atoms with Gasteiger partial charge in [0.25, 0.3) is 0 Å². The fourth-order valence-electron chi connectivity index (χ4n) is 1.46. The van der Waals surface area contributed by atoms with Gasteiger partial charge in [-0.15, -0.1) is 0 Å². The predicted molar refractivity (Wildman–Crippen MR) is 52.7 cm³/mol. The van der Waals surface area contributed by atoms with Crippen LogP contribution < -0.4 is 5.73 Å². The van der Waals surface area contributed by atoms with Crippen molar-refractivity contribution in [3.8, 4) is 0 Å². The Bertz CT molecular complexity index is 529. The molecule has 86 valence electrons. The van der Waals surface area contributed by atoms with Crippen molar-refractivity contribution in [3.05, 3.63) is 17.8 Å². The molecule has 2 N–H and O–H groups in total. The van der Waals surface area contributed by atoms with Crippen molar-refractivity contribution >= 4 is 17.1 Å². The third kappa shape index (κ3) is 1.93. The summed E-state index contributed by atoms with van der Waals surface area (Å²) in [7, 11) is 0. The van der Waals surface area contributed by atoms with Crippen molar-refractivity contribution in [3.63, 3.8) is 0 Å². The van der Waals surface area contributed by atoms with Gasteiger partial charge in [-0.2, -0.15) is 13.2 Å². The average Bonchev–Trinajstić information content (AvgIpc) is 2.40. The first-order valence-electron chi connectivity index (χ1n) is 4.52. The van der Waals surface area contributed by atoms with Gasteiger partial charge in [-0.3, -0.25) is 4.57 Å². The van der Waals surface area contributed by atoms with Crippen molar-refractivity contribution in [1.82, 2.24) is 14.5 Å². The summed E-state index contributed by atoms with van der Waals surface area (Å²) in [6.07, 6.45) is -2.86. The van der Waals surface area contributed by atoms with Crippen LogP contribution in [0.2, 0.25) is 0 Å². The Morgan fingerprint density at radius 3 is 2.75 bits per heavy atom. The summed E-state index contributed by atoms with van der Waals surface area (Å²) >= 11 is 0. The molecule has 0 bridgehead atoms. The maximum absolute atomic E-state index is 12.3. The van der Waals surface area contributed by atoms with Gasteiger partial charge in [-0.05, 0) is 18.6 Å². The fourth-order valence-corrected chi connectivity index (χ4v) is 1.46. The van der Waals surface area contributed by atoms with Crippen LogP contribution in [-0.4, -0.2) is 20.7 Å². The van der Waals surface area contributed by atoms with Gasteiger partial charge in [0.1, 0.15) is 12.1 Å². The molecule has 2 aromatic rings. The summed E-state index contributed by atoms with van der Waals surface area (Å²) in [5.41, 5.74) is 6.78. The van der Waals surface area contributed by atoms with E-state index in [-0.39, 0.29) is 11.6 Å². The van der Waals surface area contributed by atoms with E-state index in [9.17, 15) is 13.2 Å². The average molecular weight is 230 g/mol. The normalized spacial score (nSPS) is 12.2. The number of imidazole rings is 1. The standard InChI is InChI=1S/C9H9F3N4/c1-5-2-6-7(14-3-5)16(8(13)15-6)4-9(10,11)12/h2-3H,4H2,1H3,(H2,13,15). The van der Waals surface area contributed by atoms with Gasteiger partial charge in [-0.1, -0.05) is 0 Å². The molecule has 0 saturated carbocycles. The highest BCUT2D eigenvalue weighted by Gasteiger charge is 2.30. The first-order chi connectivity index (χ1) is 7.37. The summed E-state index contributed by atoms with van der Waals surface area (Å²) in [6.45, 7) is 0.608. The second kappa shape index (κ2) is 3.36. The molecule has 0 aliphatic heterocycles. The lowest BCUT2D eigenvalue weighted by molar-refractivity contribution is -0.139. The van der Waals surface area contributed by atoms with Crippen LogP contribution in [0.15, 0.2) is 12.3 Å². The molecule has 16 heavy (non-hydrogen) atoms. The number of aryl methyl sites for hydroxylation is 1. The molecule has 0 aliphatic rings. The highest BCUT2D eigenvalue weighted by Crippen LogP contribution is 2.23. The van der Waals surface area contributed by atoms with Gasteiger partial charge >= 0.3 is 6.18 Å². The zero-order chi connectivity index (χ0) is 11.9. The number of nitrogens with two attached hydrogens (primary N) is 1. The molecule has 0 fully saturated rings. The van der Waals surface area contributed by atoms with Gasteiger partial charge in [0.15, 0.2) is 5.65 Å². The van der Waals surface area contributed by atoms with E-state index in [1.165, 1.54) is 6.20 Å². The Morgan fingerprint density at radius 1 is 1.44 bits per heavy atom. The topological polar surface area (TPSA) is 56.7 Å². The van der Waals surface area contributed by atoms with Crippen molar-refractivity contribution in [1.29, 1.82) is 0 Å². The lowest BCUT2D eigenvalue weighted by atomic mass is 10.3. The van der Waals surface area contributed by atoms with E-state index >= 15 is 0 Å². The molecule has 0 amide bonds. The van der Waals surface area contributed by atoms with E-state index in [1.807, 2.05) is 0 Å².